The fourth-order valence-electron chi connectivity index (χ4n) is 6.13. The Balaban J connectivity index is 1.34. The first-order valence-corrected chi connectivity index (χ1v) is 15.6. The molecule has 2 atom stereocenters. The van der Waals surface area contributed by atoms with Crippen molar-refractivity contribution in [3.63, 3.8) is 0 Å². The van der Waals surface area contributed by atoms with Crippen LogP contribution in [-0.4, -0.2) is 59.2 Å². The molecule has 10 nitrogen and oxygen atoms in total. The highest BCUT2D eigenvalue weighted by Gasteiger charge is 2.36. The highest BCUT2D eigenvalue weighted by Crippen LogP contribution is 2.43. The fourth-order valence-corrected chi connectivity index (χ4v) is 6.73. The summed E-state index contributed by atoms with van der Waals surface area (Å²) in [4.78, 5) is 41.9. The van der Waals surface area contributed by atoms with E-state index in [-0.39, 0.29) is 40.3 Å². The number of nitrogens with one attached hydrogen (secondary N) is 2. The van der Waals surface area contributed by atoms with Gasteiger partial charge in [-0.05, 0) is 50.1 Å². The molecule has 240 valence electrons. The number of aromatic carboxylic acids is 1. The number of rotatable bonds is 9. The van der Waals surface area contributed by atoms with Crippen molar-refractivity contribution >= 4 is 51.7 Å². The van der Waals surface area contributed by atoms with Crippen LogP contribution in [0.2, 0.25) is 10.0 Å². The molecule has 3 N–H and O–H groups in total. The molecular formula is C33H32Cl2FN5O5. The zero-order valence-corrected chi connectivity index (χ0v) is 26.6. The Morgan fingerprint density at radius 3 is 2.37 bits per heavy atom. The van der Waals surface area contributed by atoms with Gasteiger partial charge in [0.2, 0.25) is 5.43 Å². The van der Waals surface area contributed by atoms with E-state index >= 15 is 4.39 Å². The molecule has 6 rings (SSSR count). The highest BCUT2D eigenvalue weighted by molar-refractivity contribution is 6.36. The van der Waals surface area contributed by atoms with Gasteiger partial charge in [-0.1, -0.05) is 47.5 Å². The average molecular weight is 669 g/mol. The van der Waals surface area contributed by atoms with E-state index in [0.29, 0.717) is 40.8 Å². The molecule has 2 aliphatic rings. The largest absolute Gasteiger partial charge is 0.494 e. The Hall–Kier alpha value is -4.16. The van der Waals surface area contributed by atoms with Crippen LogP contribution in [0.1, 0.15) is 58.3 Å². The van der Waals surface area contributed by atoms with E-state index in [0.717, 1.165) is 12.8 Å². The molecule has 1 aromatic heterocycles. The van der Waals surface area contributed by atoms with E-state index in [2.05, 4.69) is 15.8 Å². The second-order valence-electron chi connectivity index (χ2n) is 11.5. The third kappa shape index (κ3) is 5.91. The number of anilines is 1. The lowest BCUT2D eigenvalue weighted by molar-refractivity contribution is 0.0694. The second kappa shape index (κ2) is 12.9. The Bertz CT molecular complexity index is 1860. The number of carboxylic acid groups (broad SMARTS) is 1. The van der Waals surface area contributed by atoms with Crippen LogP contribution in [0.15, 0.2) is 65.6 Å². The van der Waals surface area contributed by atoms with Crippen LogP contribution in [0.5, 0.6) is 5.75 Å². The summed E-state index contributed by atoms with van der Waals surface area (Å²) in [5.41, 5.74) is 6.05. The van der Waals surface area contributed by atoms with Crippen molar-refractivity contribution in [1.29, 1.82) is 0 Å². The molecule has 1 saturated heterocycles. The molecule has 1 aliphatic heterocycles. The molecule has 2 fully saturated rings. The van der Waals surface area contributed by atoms with Crippen LogP contribution in [0, 0.1) is 5.82 Å². The van der Waals surface area contributed by atoms with E-state index in [1.54, 1.807) is 47.0 Å². The van der Waals surface area contributed by atoms with Gasteiger partial charge in [0.05, 0.1) is 18.0 Å². The molecule has 13 heteroatoms. The number of fused-ring (bicyclic) bond motifs is 1. The van der Waals surface area contributed by atoms with Crippen LogP contribution in [-0.2, 0) is 0 Å². The number of carboxylic acids is 1. The van der Waals surface area contributed by atoms with Gasteiger partial charge in [0.1, 0.15) is 23.2 Å². The Labute approximate surface area is 274 Å². The highest BCUT2D eigenvalue weighted by atomic mass is 35.5. The second-order valence-corrected chi connectivity index (χ2v) is 12.3. The van der Waals surface area contributed by atoms with Crippen LogP contribution >= 0.6 is 23.2 Å². The molecule has 4 aromatic rings. The van der Waals surface area contributed by atoms with Crippen LogP contribution in [0.3, 0.4) is 0 Å². The van der Waals surface area contributed by atoms with E-state index < -0.39 is 28.9 Å². The normalized spacial score (nSPS) is 17.6. The minimum atomic E-state index is -1.36. The standard InChI is InChI=1S/C33H32Cl2FN5O5/c1-18-16-39(29-25(46-2)15-21-28(27(29)36)41(20-11-12-20)17-22(30(21)42)33(44)45)13-14-40(18)31(26-23(34)9-6-10-24(26)35)37-38-32(43)19-7-4-3-5-8-19/h3-10,15,17-18,20,31,37H,11-14,16H2,1-2H3,(H,38,43)(H,44,45). The molecule has 1 aliphatic carbocycles. The molecule has 2 unspecified atom stereocenters. The molecule has 1 saturated carbocycles. The molecule has 1 amide bonds. The molecule has 2 heterocycles. The van der Waals surface area contributed by atoms with Crippen LogP contribution < -0.4 is 25.9 Å². The van der Waals surface area contributed by atoms with Gasteiger partial charge in [0.25, 0.3) is 5.91 Å². The first kappa shape index (κ1) is 31.8. The summed E-state index contributed by atoms with van der Waals surface area (Å²) in [5, 5.41) is 10.4. The van der Waals surface area contributed by atoms with Crippen molar-refractivity contribution in [3.8, 4) is 5.75 Å². The zero-order chi connectivity index (χ0) is 32.7. The first-order valence-electron chi connectivity index (χ1n) is 14.8. The zero-order valence-electron chi connectivity index (χ0n) is 25.1. The fraction of sp³-hybridized carbons (Fsp3) is 0.303. The number of piperazine rings is 1. The molecule has 0 radical (unpaired) electrons. The Morgan fingerprint density at radius 2 is 1.76 bits per heavy atom. The predicted octanol–water partition coefficient (Wildman–Crippen LogP) is 5.63. The number of hydrazine groups is 1. The van der Waals surface area contributed by atoms with Gasteiger partial charge in [0.15, 0.2) is 5.82 Å². The van der Waals surface area contributed by atoms with Crippen molar-refractivity contribution in [1.82, 2.24) is 20.3 Å². The van der Waals surface area contributed by atoms with Crippen LogP contribution in [0.25, 0.3) is 10.9 Å². The van der Waals surface area contributed by atoms with Gasteiger partial charge in [0, 0.05) is 59.1 Å². The number of carbonyl (C=O) groups is 2. The first-order chi connectivity index (χ1) is 22.1. The Morgan fingerprint density at radius 1 is 1.07 bits per heavy atom. The number of halogens is 3. The van der Waals surface area contributed by atoms with E-state index in [9.17, 15) is 19.5 Å². The maximum atomic E-state index is 16.6. The van der Waals surface area contributed by atoms with Gasteiger partial charge in [-0.2, -0.15) is 0 Å². The summed E-state index contributed by atoms with van der Waals surface area (Å²) in [6, 6.07) is 15.1. The number of benzene rings is 3. The SMILES string of the molecule is COc1cc2c(=O)c(C(=O)O)cn(C3CC3)c2c(F)c1N1CCN(C(NNC(=O)c2ccccc2)c2c(Cl)cccc2Cl)C(C)C1. The van der Waals surface area contributed by atoms with Gasteiger partial charge < -0.3 is 19.3 Å². The lowest BCUT2D eigenvalue weighted by atomic mass is 10.0. The van der Waals surface area contributed by atoms with Crippen molar-refractivity contribution in [2.24, 2.45) is 0 Å². The number of hydrogen-bond acceptors (Lipinski definition) is 7. The quantitative estimate of drug-likeness (QED) is 0.197. The van der Waals surface area contributed by atoms with Gasteiger partial charge in [-0.15, -0.1) is 0 Å². The van der Waals surface area contributed by atoms with E-state index in [4.69, 9.17) is 27.9 Å². The summed E-state index contributed by atoms with van der Waals surface area (Å²) in [5.74, 6) is -2.21. The molecule has 46 heavy (non-hydrogen) atoms. The minimum Gasteiger partial charge on any atom is -0.494 e. The molecular weight excluding hydrogens is 636 g/mol. The minimum absolute atomic E-state index is 0.0385. The van der Waals surface area contributed by atoms with Crippen molar-refractivity contribution in [2.45, 2.75) is 38.0 Å². The van der Waals surface area contributed by atoms with Crippen molar-refractivity contribution in [2.75, 3.05) is 31.6 Å². The number of pyridine rings is 1. The number of aromatic nitrogens is 1. The Kier molecular flexibility index (Phi) is 8.93. The monoisotopic (exact) mass is 667 g/mol. The van der Waals surface area contributed by atoms with E-state index in [1.807, 2.05) is 17.9 Å². The number of amides is 1. The maximum absolute atomic E-state index is 16.6. The van der Waals surface area contributed by atoms with E-state index in [1.165, 1.54) is 19.4 Å². The number of carbonyl (C=O) groups excluding carboxylic acids is 1. The summed E-state index contributed by atoms with van der Waals surface area (Å²) < 4.78 is 23.8. The summed E-state index contributed by atoms with van der Waals surface area (Å²) in [6.45, 7) is 3.05. The predicted molar refractivity (Wildman–Crippen MR) is 175 cm³/mol. The van der Waals surface area contributed by atoms with Crippen LogP contribution in [0.4, 0.5) is 10.1 Å². The summed E-state index contributed by atoms with van der Waals surface area (Å²) in [6.07, 6.45) is 2.13. The average Bonchev–Trinajstić information content (AvgIpc) is 3.88. The lowest BCUT2D eigenvalue weighted by Crippen LogP contribution is -2.58. The number of nitrogens with zero attached hydrogens (tertiary/aromatic N) is 3. The van der Waals surface area contributed by atoms with Gasteiger partial charge in [-0.25, -0.2) is 14.6 Å². The number of methoxy groups -OCH3 is 1. The summed E-state index contributed by atoms with van der Waals surface area (Å²) >= 11 is 13.3. The summed E-state index contributed by atoms with van der Waals surface area (Å²) in [7, 11) is 1.39. The third-order valence-electron chi connectivity index (χ3n) is 8.54. The van der Waals surface area contributed by atoms with Gasteiger partial charge >= 0.3 is 5.97 Å². The number of ether oxygens (including phenoxy) is 1. The lowest BCUT2D eigenvalue weighted by Gasteiger charge is -2.45. The topological polar surface area (TPSA) is 116 Å². The molecule has 3 aromatic carbocycles. The smallest absolute Gasteiger partial charge is 0.341 e. The maximum Gasteiger partial charge on any atom is 0.341 e. The van der Waals surface area contributed by atoms with Crippen molar-refractivity contribution < 1.29 is 23.8 Å². The molecule has 0 spiro atoms. The van der Waals surface area contributed by atoms with Gasteiger partial charge in [-0.3, -0.25) is 19.9 Å². The third-order valence-corrected chi connectivity index (χ3v) is 9.20. The van der Waals surface area contributed by atoms with Crippen molar-refractivity contribution in [3.05, 3.63) is 104 Å². The number of hydrogen-bond donors (Lipinski definition) is 3. The molecule has 0 bridgehead atoms.